The minimum atomic E-state index is 0.0597. The van der Waals surface area contributed by atoms with Crippen LogP contribution in [0.15, 0.2) is 24.3 Å². The van der Waals surface area contributed by atoms with E-state index in [1.165, 1.54) is 19.3 Å². The number of piperidine rings is 1. The molecule has 110 valence electrons. The molecule has 1 amide bonds. The summed E-state index contributed by atoms with van der Waals surface area (Å²) in [7, 11) is 0. The number of hydrogen-bond acceptors (Lipinski definition) is 3. The van der Waals surface area contributed by atoms with Crippen molar-refractivity contribution in [3.8, 4) is 5.75 Å². The maximum Gasteiger partial charge on any atom is 0.224 e. The zero-order chi connectivity index (χ0) is 14.2. The summed E-state index contributed by atoms with van der Waals surface area (Å²) in [6.07, 6.45) is 5.17. The Morgan fingerprint density at radius 3 is 3.00 bits per heavy atom. The lowest BCUT2D eigenvalue weighted by molar-refractivity contribution is -0.116. The zero-order valence-corrected chi connectivity index (χ0v) is 12.2. The summed E-state index contributed by atoms with van der Waals surface area (Å²) in [5, 5.41) is 6.41. The number of rotatable bonds is 6. The van der Waals surface area contributed by atoms with Crippen molar-refractivity contribution >= 4 is 11.6 Å². The number of ether oxygens (including phenoxy) is 1. The maximum atomic E-state index is 12.0. The molecule has 0 saturated carbocycles. The molecule has 0 bridgehead atoms. The molecule has 1 aliphatic heterocycles. The van der Waals surface area contributed by atoms with Crippen molar-refractivity contribution in [3.05, 3.63) is 24.3 Å². The van der Waals surface area contributed by atoms with Crippen LogP contribution >= 0.6 is 0 Å². The van der Waals surface area contributed by atoms with Gasteiger partial charge in [-0.15, -0.1) is 0 Å². The predicted octanol–water partition coefficient (Wildman–Crippen LogP) is 2.95. The van der Waals surface area contributed by atoms with Gasteiger partial charge in [0, 0.05) is 12.5 Å². The first kappa shape index (κ1) is 14.9. The summed E-state index contributed by atoms with van der Waals surface area (Å²) in [4.78, 5) is 12.0. The Balaban J connectivity index is 1.81. The van der Waals surface area contributed by atoms with Crippen LogP contribution in [0.4, 0.5) is 5.69 Å². The van der Waals surface area contributed by atoms with E-state index >= 15 is 0 Å². The van der Waals surface area contributed by atoms with E-state index in [-0.39, 0.29) is 5.91 Å². The Morgan fingerprint density at radius 1 is 1.40 bits per heavy atom. The van der Waals surface area contributed by atoms with Gasteiger partial charge in [0.15, 0.2) is 0 Å². The predicted molar refractivity (Wildman–Crippen MR) is 81.1 cm³/mol. The third-order valence-corrected chi connectivity index (χ3v) is 3.59. The molecule has 0 aromatic heterocycles. The monoisotopic (exact) mass is 276 g/mol. The van der Waals surface area contributed by atoms with Crippen LogP contribution in [0.5, 0.6) is 5.75 Å². The number of anilines is 1. The smallest absolute Gasteiger partial charge is 0.224 e. The first-order valence-corrected chi connectivity index (χ1v) is 7.54. The van der Waals surface area contributed by atoms with Crippen molar-refractivity contribution in [2.45, 2.75) is 45.1 Å². The topological polar surface area (TPSA) is 50.4 Å². The number of nitrogens with one attached hydrogen (secondary N) is 2. The molecule has 2 rings (SSSR count). The first-order valence-electron chi connectivity index (χ1n) is 7.54. The highest BCUT2D eigenvalue weighted by Gasteiger charge is 2.14. The molecule has 1 heterocycles. The summed E-state index contributed by atoms with van der Waals surface area (Å²) in [5.74, 6) is 0.795. The van der Waals surface area contributed by atoms with E-state index in [0.717, 1.165) is 24.4 Å². The van der Waals surface area contributed by atoms with Gasteiger partial charge in [-0.05, 0) is 44.9 Å². The molecule has 1 aliphatic rings. The van der Waals surface area contributed by atoms with Gasteiger partial charge in [0.05, 0.1) is 12.3 Å². The minimum Gasteiger partial charge on any atom is -0.492 e. The molecule has 1 unspecified atom stereocenters. The van der Waals surface area contributed by atoms with Crippen LogP contribution in [0, 0.1) is 0 Å². The number of benzene rings is 1. The molecule has 4 heteroatoms. The van der Waals surface area contributed by atoms with Crippen LogP contribution in [0.1, 0.15) is 39.0 Å². The van der Waals surface area contributed by atoms with Gasteiger partial charge in [-0.25, -0.2) is 0 Å². The van der Waals surface area contributed by atoms with Crippen molar-refractivity contribution < 1.29 is 9.53 Å². The zero-order valence-electron chi connectivity index (χ0n) is 12.2. The largest absolute Gasteiger partial charge is 0.492 e. The van der Waals surface area contributed by atoms with Crippen molar-refractivity contribution in [1.29, 1.82) is 0 Å². The van der Waals surface area contributed by atoms with Gasteiger partial charge in [0.2, 0.25) is 5.91 Å². The second kappa shape index (κ2) is 7.90. The summed E-state index contributed by atoms with van der Waals surface area (Å²) in [6, 6.07) is 8.06. The van der Waals surface area contributed by atoms with Gasteiger partial charge < -0.3 is 15.4 Å². The van der Waals surface area contributed by atoms with Crippen LogP contribution in [-0.4, -0.2) is 25.1 Å². The molecule has 1 atom stereocenters. The van der Waals surface area contributed by atoms with Crippen LogP contribution in [-0.2, 0) is 4.79 Å². The SMILES string of the molecule is CCOc1ccccc1NC(=O)CCC1CCCCN1. The van der Waals surface area contributed by atoms with Gasteiger partial charge in [0.1, 0.15) is 5.75 Å². The van der Waals surface area contributed by atoms with E-state index in [1.54, 1.807) is 0 Å². The number of para-hydroxylation sites is 2. The Kier molecular flexibility index (Phi) is 5.87. The minimum absolute atomic E-state index is 0.0597. The molecule has 20 heavy (non-hydrogen) atoms. The van der Waals surface area contributed by atoms with E-state index < -0.39 is 0 Å². The normalized spacial score (nSPS) is 18.6. The molecule has 1 aromatic carbocycles. The van der Waals surface area contributed by atoms with Gasteiger partial charge >= 0.3 is 0 Å². The van der Waals surface area contributed by atoms with Crippen LogP contribution < -0.4 is 15.4 Å². The van der Waals surface area contributed by atoms with Crippen molar-refractivity contribution in [1.82, 2.24) is 5.32 Å². The molecular weight excluding hydrogens is 252 g/mol. The molecule has 2 N–H and O–H groups in total. The Labute approximate surface area is 120 Å². The molecule has 1 saturated heterocycles. The van der Waals surface area contributed by atoms with Gasteiger partial charge in [-0.1, -0.05) is 18.6 Å². The van der Waals surface area contributed by atoms with Crippen LogP contribution in [0.2, 0.25) is 0 Å². The van der Waals surface area contributed by atoms with E-state index in [0.29, 0.717) is 19.1 Å². The van der Waals surface area contributed by atoms with E-state index in [1.807, 2.05) is 31.2 Å². The maximum absolute atomic E-state index is 12.0. The second-order valence-electron chi connectivity index (χ2n) is 5.16. The Bertz CT molecular complexity index is 428. The number of amides is 1. The van der Waals surface area contributed by atoms with Crippen LogP contribution in [0.25, 0.3) is 0 Å². The lowest BCUT2D eigenvalue weighted by Crippen LogP contribution is -2.34. The number of hydrogen-bond donors (Lipinski definition) is 2. The Morgan fingerprint density at radius 2 is 2.25 bits per heavy atom. The van der Waals surface area contributed by atoms with Gasteiger partial charge in [-0.3, -0.25) is 4.79 Å². The van der Waals surface area contributed by atoms with E-state index in [2.05, 4.69) is 10.6 Å². The molecule has 0 radical (unpaired) electrons. The summed E-state index contributed by atoms with van der Waals surface area (Å²) < 4.78 is 5.51. The quantitative estimate of drug-likeness (QED) is 0.840. The summed E-state index contributed by atoms with van der Waals surface area (Å²) in [5.41, 5.74) is 0.760. The average Bonchev–Trinajstić information content (AvgIpc) is 2.49. The number of carbonyl (C=O) groups is 1. The van der Waals surface area contributed by atoms with E-state index in [4.69, 9.17) is 4.74 Å². The Hall–Kier alpha value is -1.55. The fourth-order valence-corrected chi connectivity index (χ4v) is 2.54. The van der Waals surface area contributed by atoms with Crippen molar-refractivity contribution in [2.75, 3.05) is 18.5 Å². The molecule has 0 spiro atoms. The van der Waals surface area contributed by atoms with Gasteiger partial charge in [0.25, 0.3) is 0 Å². The van der Waals surface area contributed by atoms with Crippen molar-refractivity contribution in [2.24, 2.45) is 0 Å². The van der Waals surface area contributed by atoms with Gasteiger partial charge in [-0.2, -0.15) is 0 Å². The first-order chi connectivity index (χ1) is 9.79. The molecule has 4 nitrogen and oxygen atoms in total. The molecule has 1 aromatic rings. The van der Waals surface area contributed by atoms with E-state index in [9.17, 15) is 4.79 Å². The third-order valence-electron chi connectivity index (χ3n) is 3.59. The molecule has 0 aliphatic carbocycles. The van der Waals surface area contributed by atoms with Crippen molar-refractivity contribution in [3.63, 3.8) is 0 Å². The van der Waals surface area contributed by atoms with Crippen LogP contribution in [0.3, 0.4) is 0 Å². The fraction of sp³-hybridized carbons (Fsp3) is 0.562. The summed E-state index contributed by atoms with van der Waals surface area (Å²) in [6.45, 7) is 3.62. The molecular formula is C16H24N2O2. The summed E-state index contributed by atoms with van der Waals surface area (Å²) >= 11 is 0. The highest BCUT2D eigenvalue weighted by atomic mass is 16.5. The lowest BCUT2D eigenvalue weighted by Gasteiger charge is -2.23. The standard InChI is InChI=1S/C16H24N2O2/c1-2-20-15-9-4-3-8-14(15)18-16(19)11-10-13-7-5-6-12-17-13/h3-4,8-9,13,17H,2,5-7,10-12H2,1H3,(H,18,19). The number of carbonyl (C=O) groups excluding carboxylic acids is 1. The lowest BCUT2D eigenvalue weighted by atomic mass is 10.0. The second-order valence-corrected chi connectivity index (χ2v) is 5.16. The fourth-order valence-electron chi connectivity index (χ4n) is 2.54. The highest BCUT2D eigenvalue weighted by molar-refractivity contribution is 5.92. The average molecular weight is 276 g/mol. The highest BCUT2D eigenvalue weighted by Crippen LogP contribution is 2.24. The molecule has 1 fully saturated rings. The third kappa shape index (κ3) is 4.53.